The summed E-state index contributed by atoms with van der Waals surface area (Å²) in [6.45, 7) is 2.43. The molecule has 1 aliphatic rings. The Hall–Kier alpha value is -2.08. The fourth-order valence-corrected chi connectivity index (χ4v) is 6.63. The first-order valence-corrected chi connectivity index (χ1v) is 16.4. The van der Waals surface area contributed by atoms with E-state index < -0.39 is 12.0 Å². The summed E-state index contributed by atoms with van der Waals surface area (Å²) in [5, 5.41) is 12.4. The normalized spacial score (nSPS) is 15.1. The Balaban J connectivity index is 0.00000462. The molecule has 1 aliphatic carbocycles. The Kier molecular flexibility index (Phi) is 14.0. The van der Waals surface area contributed by atoms with Gasteiger partial charge in [-0.1, -0.05) is 62.4 Å². The van der Waals surface area contributed by atoms with Crippen LogP contribution in [0.15, 0.2) is 54.2 Å². The van der Waals surface area contributed by atoms with Crippen molar-refractivity contribution in [3.05, 3.63) is 75.7 Å². The van der Waals surface area contributed by atoms with Crippen LogP contribution in [0.4, 0.5) is 0 Å². The van der Waals surface area contributed by atoms with Crippen molar-refractivity contribution in [1.82, 2.24) is 10.3 Å². The van der Waals surface area contributed by atoms with E-state index in [1.807, 2.05) is 61.3 Å². The van der Waals surface area contributed by atoms with Crippen LogP contribution in [0.1, 0.15) is 83.8 Å². The Morgan fingerprint density at radius 3 is 2.59 bits per heavy atom. The maximum atomic E-state index is 13.4. The van der Waals surface area contributed by atoms with Crippen molar-refractivity contribution in [2.75, 3.05) is 12.0 Å². The fourth-order valence-electron chi connectivity index (χ4n) is 5.46. The third-order valence-electron chi connectivity index (χ3n) is 7.76. The zero-order valence-electron chi connectivity index (χ0n) is 23.4. The minimum atomic E-state index is -1.02. The SMILES string of the molecule is CSCCC(NC(=O)c1ccc(COC(CCC2CCCCC2)c2cncs2)cc1-c1ccccc1C)C(=O)O.[LiH]. The van der Waals surface area contributed by atoms with Gasteiger partial charge in [0.1, 0.15) is 6.04 Å². The third kappa shape index (κ3) is 9.73. The Morgan fingerprint density at radius 1 is 1.12 bits per heavy atom. The number of aliphatic carboxylic acids is 1. The number of nitrogens with one attached hydrogen (secondary N) is 1. The molecule has 0 aliphatic heterocycles. The second-order valence-corrected chi connectivity index (χ2v) is 12.5. The van der Waals surface area contributed by atoms with Gasteiger partial charge in [-0.15, -0.1) is 11.3 Å². The standard InChI is InChI=1S/C32H40N2O4S2.Li.H/c1-22-8-6-7-11-25(22)27-18-24(12-14-26(27)31(35)34-28(32(36)37)16-17-39-2)20-38-29(30-19-33-21-40-30)15-13-23-9-4-3-5-10-23;;/h6-8,11-12,14,18-19,21,23,28-29H,3-5,9-10,13,15-17,20H2,1-2H3,(H,34,35)(H,36,37);;. The summed E-state index contributed by atoms with van der Waals surface area (Å²) in [4.78, 5) is 30.6. The second kappa shape index (κ2) is 17.1. The molecule has 0 saturated heterocycles. The van der Waals surface area contributed by atoms with Crippen LogP contribution in [0, 0.1) is 12.8 Å². The molecule has 1 heterocycles. The van der Waals surface area contributed by atoms with Gasteiger partial charge in [0.15, 0.2) is 0 Å². The molecular formula is C32H41LiN2O4S2. The van der Waals surface area contributed by atoms with Gasteiger partial charge in [0.05, 0.1) is 23.1 Å². The number of ether oxygens (including phenoxy) is 1. The van der Waals surface area contributed by atoms with Crippen molar-refractivity contribution in [2.24, 2.45) is 5.92 Å². The number of nitrogens with zero attached hydrogens (tertiary/aromatic N) is 1. The number of thiazole rings is 1. The molecular weight excluding hydrogens is 547 g/mol. The van der Waals surface area contributed by atoms with E-state index in [0.29, 0.717) is 24.3 Å². The first kappa shape index (κ1) is 33.4. The van der Waals surface area contributed by atoms with E-state index in [0.717, 1.165) is 45.9 Å². The summed E-state index contributed by atoms with van der Waals surface area (Å²) in [6, 6.07) is 12.7. The van der Waals surface area contributed by atoms with Gasteiger partial charge in [-0.3, -0.25) is 9.78 Å². The number of rotatable bonds is 14. The summed E-state index contributed by atoms with van der Waals surface area (Å²) < 4.78 is 6.52. The predicted molar refractivity (Wildman–Crippen MR) is 171 cm³/mol. The topological polar surface area (TPSA) is 88.5 Å². The molecule has 0 bridgehead atoms. The van der Waals surface area contributed by atoms with Gasteiger partial charge >= 0.3 is 24.8 Å². The summed E-state index contributed by atoms with van der Waals surface area (Å²) in [7, 11) is 0. The Bertz CT molecular complexity index is 1250. The van der Waals surface area contributed by atoms with Crippen LogP contribution >= 0.6 is 23.1 Å². The number of carbonyl (C=O) groups excluding carboxylic acids is 1. The molecule has 0 spiro atoms. The Morgan fingerprint density at radius 2 is 1.90 bits per heavy atom. The van der Waals surface area contributed by atoms with Gasteiger partial charge < -0.3 is 15.2 Å². The molecule has 2 N–H and O–H groups in total. The van der Waals surface area contributed by atoms with Crippen molar-refractivity contribution in [3.63, 3.8) is 0 Å². The van der Waals surface area contributed by atoms with Crippen LogP contribution in [0.25, 0.3) is 11.1 Å². The van der Waals surface area contributed by atoms with Crippen molar-refractivity contribution in [1.29, 1.82) is 0 Å². The number of carboxylic acids is 1. The molecule has 2 aromatic carbocycles. The molecule has 1 fully saturated rings. The zero-order chi connectivity index (χ0) is 28.3. The van der Waals surface area contributed by atoms with Gasteiger partial charge in [0, 0.05) is 11.8 Å². The average Bonchev–Trinajstić information content (AvgIpc) is 3.51. The first-order chi connectivity index (χ1) is 19.5. The molecule has 4 rings (SSSR count). The molecule has 2 unspecified atom stereocenters. The fraction of sp³-hybridized carbons (Fsp3) is 0.469. The summed E-state index contributed by atoms with van der Waals surface area (Å²) >= 11 is 3.20. The van der Waals surface area contributed by atoms with E-state index in [1.165, 1.54) is 32.1 Å². The van der Waals surface area contributed by atoms with Gasteiger partial charge in [-0.05, 0) is 78.5 Å². The van der Waals surface area contributed by atoms with Crippen LogP contribution in [-0.2, 0) is 16.1 Å². The average molecular weight is 589 g/mol. The van der Waals surface area contributed by atoms with Crippen molar-refractivity contribution in [3.8, 4) is 11.1 Å². The number of thioether (sulfide) groups is 1. The number of amides is 1. The molecule has 1 aromatic heterocycles. The molecule has 1 amide bonds. The van der Waals surface area contributed by atoms with Gasteiger partial charge in [0.2, 0.25) is 0 Å². The van der Waals surface area contributed by atoms with Gasteiger partial charge in [-0.2, -0.15) is 11.8 Å². The van der Waals surface area contributed by atoms with Crippen LogP contribution in [0.2, 0.25) is 0 Å². The number of carbonyl (C=O) groups is 2. The van der Waals surface area contributed by atoms with E-state index in [9.17, 15) is 14.7 Å². The second-order valence-electron chi connectivity index (χ2n) is 10.6. The van der Waals surface area contributed by atoms with Gasteiger partial charge in [-0.25, -0.2) is 4.79 Å². The van der Waals surface area contributed by atoms with Crippen LogP contribution in [-0.4, -0.2) is 58.9 Å². The molecule has 9 heteroatoms. The number of hydrogen-bond acceptors (Lipinski definition) is 6. The number of aryl methyl sites for hydroxylation is 1. The molecule has 2 atom stereocenters. The summed E-state index contributed by atoms with van der Waals surface area (Å²) in [6.07, 6.45) is 13.0. The van der Waals surface area contributed by atoms with Gasteiger partial charge in [0.25, 0.3) is 5.91 Å². The van der Waals surface area contributed by atoms with E-state index in [4.69, 9.17) is 4.74 Å². The zero-order valence-corrected chi connectivity index (χ0v) is 25.1. The van der Waals surface area contributed by atoms with Crippen molar-refractivity contribution in [2.45, 2.75) is 77.0 Å². The molecule has 41 heavy (non-hydrogen) atoms. The number of carboxylic acid groups (broad SMARTS) is 1. The summed E-state index contributed by atoms with van der Waals surface area (Å²) in [5.41, 5.74) is 6.06. The molecule has 6 nitrogen and oxygen atoms in total. The minimum absolute atomic E-state index is 0. The number of hydrogen-bond donors (Lipinski definition) is 2. The van der Waals surface area contributed by atoms with E-state index in [1.54, 1.807) is 29.2 Å². The third-order valence-corrected chi connectivity index (χ3v) is 9.27. The van der Waals surface area contributed by atoms with E-state index in [2.05, 4.69) is 10.3 Å². The monoisotopic (exact) mass is 588 g/mol. The van der Waals surface area contributed by atoms with Crippen molar-refractivity contribution >= 4 is 53.8 Å². The van der Waals surface area contributed by atoms with E-state index in [-0.39, 0.29) is 30.9 Å². The number of benzene rings is 2. The van der Waals surface area contributed by atoms with Crippen LogP contribution < -0.4 is 5.32 Å². The quantitative estimate of drug-likeness (QED) is 0.197. The first-order valence-electron chi connectivity index (χ1n) is 14.2. The molecule has 216 valence electrons. The maximum absolute atomic E-state index is 13.4. The molecule has 1 saturated carbocycles. The molecule has 3 aromatic rings. The van der Waals surface area contributed by atoms with E-state index >= 15 is 0 Å². The van der Waals surface area contributed by atoms with Crippen LogP contribution in [0.5, 0.6) is 0 Å². The number of aromatic nitrogens is 1. The Labute approximate surface area is 264 Å². The predicted octanol–water partition coefficient (Wildman–Crippen LogP) is 7.02. The molecule has 0 radical (unpaired) electrons. The van der Waals surface area contributed by atoms with Crippen molar-refractivity contribution < 1.29 is 19.4 Å². The van der Waals surface area contributed by atoms with Crippen LogP contribution in [0.3, 0.4) is 0 Å². The summed E-state index contributed by atoms with van der Waals surface area (Å²) in [5.74, 6) is 0.0325.